The van der Waals surface area contributed by atoms with Crippen LogP contribution in [-0.2, 0) is 0 Å². The first-order valence-electron chi connectivity index (χ1n) is 18.9. The van der Waals surface area contributed by atoms with Crippen LogP contribution in [0.2, 0.25) is 0 Å². The van der Waals surface area contributed by atoms with E-state index < -0.39 is 0 Å². The number of para-hydroxylation sites is 1. The Balaban J connectivity index is 1.18. The second-order valence-electron chi connectivity index (χ2n) is 14.4. The quantitative estimate of drug-likeness (QED) is 0.181. The number of hydrogen-bond acceptors (Lipinski definition) is 4. The molecule has 9 aromatic carbocycles. The molecule has 4 nitrogen and oxygen atoms in total. The number of rotatable bonds is 4. The summed E-state index contributed by atoms with van der Waals surface area (Å²) in [6.45, 7) is 0. The molecule has 12 aromatic rings. The predicted octanol–water partition coefficient (Wildman–Crippen LogP) is 13.8. The summed E-state index contributed by atoms with van der Waals surface area (Å²) in [5, 5.41) is 12.1. The smallest absolute Gasteiger partial charge is 0.238 e. The van der Waals surface area contributed by atoms with Crippen LogP contribution in [0.25, 0.3) is 114 Å². The van der Waals surface area contributed by atoms with Gasteiger partial charge in [-0.15, -0.1) is 11.3 Å². The van der Waals surface area contributed by atoms with Gasteiger partial charge in [0.05, 0.1) is 11.0 Å². The topological polar surface area (TPSA) is 43.6 Å². The Hall–Kier alpha value is -7.21. The van der Waals surface area contributed by atoms with Gasteiger partial charge in [0.2, 0.25) is 5.95 Å². The third-order valence-electron chi connectivity index (χ3n) is 11.2. The normalized spacial score (nSPS) is 11.9. The average molecular weight is 731 g/mol. The Morgan fingerprint density at radius 3 is 1.84 bits per heavy atom. The van der Waals surface area contributed by atoms with Crippen LogP contribution in [0.15, 0.2) is 182 Å². The number of aromatic nitrogens is 4. The first-order valence-corrected chi connectivity index (χ1v) is 19.7. The molecule has 0 radical (unpaired) electrons. The summed E-state index contributed by atoms with van der Waals surface area (Å²) in [4.78, 5) is 15.8. The van der Waals surface area contributed by atoms with E-state index in [0.29, 0.717) is 17.6 Å². The van der Waals surface area contributed by atoms with Crippen LogP contribution in [0, 0.1) is 0 Å². The number of nitrogens with zero attached hydrogens (tertiary/aromatic N) is 4. The van der Waals surface area contributed by atoms with Gasteiger partial charge in [0, 0.05) is 53.0 Å². The summed E-state index contributed by atoms with van der Waals surface area (Å²) in [5.41, 5.74) is 6.30. The fourth-order valence-electron chi connectivity index (χ4n) is 8.61. The molecule has 3 heterocycles. The molecule has 0 N–H and O–H groups in total. The number of benzene rings is 9. The third kappa shape index (κ3) is 4.75. The van der Waals surface area contributed by atoms with E-state index >= 15 is 0 Å². The van der Waals surface area contributed by atoms with Crippen LogP contribution in [0.1, 0.15) is 0 Å². The molecule has 0 atom stereocenters. The largest absolute Gasteiger partial charge is 0.277 e. The molecule has 5 heteroatoms. The molecule has 0 saturated heterocycles. The molecule has 0 aliphatic carbocycles. The maximum Gasteiger partial charge on any atom is 0.238 e. The van der Waals surface area contributed by atoms with E-state index in [9.17, 15) is 0 Å². The predicted molar refractivity (Wildman–Crippen MR) is 236 cm³/mol. The van der Waals surface area contributed by atoms with Gasteiger partial charge in [-0.05, 0) is 50.7 Å². The minimum absolute atomic E-state index is 0.584. The summed E-state index contributed by atoms with van der Waals surface area (Å²) in [6.07, 6.45) is 0. The summed E-state index contributed by atoms with van der Waals surface area (Å²) in [7, 11) is 0. The standard InChI is InChI=1S/C51H30N4S/c1-2-14-34(15-3-1)49-52-50(37-22-21-31-11-4-5-16-35(31)29-37)54-51(53-49)55-47-39-18-9-7-13-33(39)23-26-42(47)41-20-10-19-40(48(41)55)36-24-27-43-45(30-36)56-44-28-25-32-12-6-8-17-38(32)46(43)44/h1-30H. The first-order chi connectivity index (χ1) is 27.7. The van der Waals surface area contributed by atoms with Crippen molar-refractivity contribution in [2.45, 2.75) is 0 Å². The maximum absolute atomic E-state index is 5.37. The van der Waals surface area contributed by atoms with Crippen LogP contribution in [0.3, 0.4) is 0 Å². The highest BCUT2D eigenvalue weighted by Gasteiger charge is 2.22. The molecule has 0 amide bonds. The lowest BCUT2D eigenvalue weighted by atomic mass is 9.99. The van der Waals surface area contributed by atoms with Gasteiger partial charge in [0.1, 0.15) is 0 Å². The molecule has 56 heavy (non-hydrogen) atoms. The van der Waals surface area contributed by atoms with Gasteiger partial charge >= 0.3 is 0 Å². The van der Waals surface area contributed by atoms with Crippen molar-refractivity contribution in [2.24, 2.45) is 0 Å². The van der Waals surface area contributed by atoms with Crippen molar-refractivity contribution in [3.63, 3.8) is 0 Å². The zero-order chi connectivity index (χ0) is 36.7. The van der Waals surface area contributed by atoms with Crippen LogP contribution in [-0.4, -0.2) is 19.5 Å². The Morgan fingerprint density at radius 2 is 0.982 bits per heavy atom. The molecule has 0 fully saturated rings. The monoisotopic (exact) mass is 730 g/mol. The van der Waals surface area contributed by atoms with Crippen molar-refractivity contribution in [3.05, 3.63) is 182 Å². The maximum atomic E-state index is 5.37. The lowest BCUT2D eigenvalue weighted by molar-refractivity contribution is 0.955. The molecule has 0 aliphatic rings. The lowest BCUT2D eigenvalue weighted by Crippen LogP contribution is -2.07. The number of fused-ring (bicyclic) bond motifs is 11. The summed E-state index contributed by atoms with van der Waals surface area (Å²) < 4.78 is 4.86. The Morgan fingerprint density at radius 1 is 0.357 bits per heavy atom. The molecule has 12 rings (SSSR count). The fraction of sp³-hybridized carbons (Fsp3) is 0. The van der Waals surface area contributed by atoms with E-state index in [2.05, 4.69) is 168 Å². The van der Waals surface area contributed by atoms with Crippen molar-refractivity contribution in [1.29, 1.82) is 0 Å². The highest BCUT2D eigenvalue weighted by molar-refractivity contribution is 7.26. The zero-order valence-electron chi connectivity index (χ0n) is 30.0. The second kappa shape index (κ2) is 12.2. The van der Waals surface area contributed by atoms with Crippen molar-refractivity contribution >= 4 is 85.6 Å². The molecule has 0 saturated carbocycles. The molecule has 0 aliphatic heterocycles. The summed E-state index contributed by atoms with van der Waals surface area (Å²) >= 11 is 1.86. The van der Waals surface area contributed by atoms with E-state index in [1.807, 2.05) is 29.5 Å². The lowest BCUT2D eigenvalue weighted by Gasteiger charge is -2.14. The molecular formula is C51H30N4S. The van der Waals surface area contributed by atoms with Gasteiger partial charge in [-0.2, -0.15) is 9.97 Å². The van der Waals surface area contributed by atoms with Crippen molar-refractivity contribution < 1.29 is 0 Å². The number of hydrogen-bond donors (Lipinski definition) is 0. The minimum Gasteiger partial charge on any atom is -0.277 e. The van der Waals surface area contributed by atoms with E-state index in [-0.39, 0.29) is 0 Å². The zero-order valence-corrected chi connectivity index (χ0v) is 30.8. The number of thiophene rings is 1. The van der Waals surface area contributed by atoms with Gasteiger partial charge in [-0.3, -0.25) is 4.57 Å². The van der Waals surface area contributed by atoms with Crippen LogP contribution in [0.5, 0.6) is 0 Å². The van der Waals surface area contributed by atoms with Gasteiger partial charge < -0.3 is 0 Å². The average Bonchev–Trinajstić information content (AvgIpc) is 3.82. The van der Waals surface area contributed by atoms with Crippen LogP contribution < -0.4 is 0 Å². The van der Waals surface area contributed by atoms with E-state index in [0.717, 1.165) is 60.2 Å². The summed E-state index contributed by atoms with van der Waals surface area (Å²) in [6, 6.07) is 65.0. The van der Waals surface area contributed by atoms with Crippen LogP contribution in [0.4, 0.5) is 0 Å². The molecule has 3 aromatic heterocycles. The molecular weight excluding hydrogens is 701 g/mol. The van der Waals surface area contributed by atoms with Gasteiger partial charge in [-0.25, -0.2) is 4.98 Å². The molecule has 260 valence electrons. The Bertz CT molecular complexity index is 3540. The Kier molecular flexibility index (Phi) is 6.76. The highest BCUT2D eigenvalue weighted by atomic mass is 32.1. The van der Waals surface area contributed by atoms with Crippen molar-refractivity contribution in [2.75, 3.05) is 0 Å². The summed E-state index contributed by atoms with van der Waals surface area (Å²) in [5.74, 6) is 1.84. The van der Waals surface area contributed by atoms with E-state index in [1.54, 1.807) is 0 Å². The first kappa shape index (κ1) is 31.2. The Labute approximate surface area is 325 Å². The van der Waals surface area contributed by atoms with Gasteiger partial charge in [-0.1, -0.05) is 164 Å². The minimum atomic E-state index is 0.584. The van der Waals surface area contributed by atoms with Gasteiger partial charge in [0.25, 0.3) is 0 Å². The second-order valence-corrected chi connectivity index (χ2v) is 15.5. The van der Waals surface area contributed by atoms with Crippen LogP contribution >= 0.6 is 11.3 Å². The van der Waals surface area contributed by atoms with E-state index in [4.69, 9.17) is 15.0 Å². The molecule has 0 spiro atoms. The van der Waals surface area contributed by atoms with Crippen molar-refractivity contribution in [1.82, 2.24) is 19.5 Å². The SMILES string of the molecule is c1ccc(-c2nc(-c3ccc4ccccc4c3)nc(-n3c4c(-c5ccc6c(c5)sc5ccc7ccccc7c56)cccc4c4ccc5ccccc5c43)n2)cc1. The molecule has 0 bridgehead atoms. The molecule has 0 unspecified atom stereocenters. The third-order valence-corrected chi connectivity index (χ3v) is 12.3. The van der Waals surface area contributed by atoms with E-state index in [1.165, 1.54) is 36.3 Å². The fourth-order valence-corrected chi connectivity index (χ4v) is 9.77. The van der Waals surface area contributed by atoms with Gasteiger partial charge in [0.15, 0.2) is 11.6 Å². The highest BCUT2D eigenvalue weighted by Crippen LogP contribution is 2.44. The van der Waals surface area contributed by atoms with Crippen molar-refractivity contribution in [3.8, 4) is 39.9 Å².